The maximum atomic E-state index is 11.6. The molecule has 0 rings (SSSR count). The fourth-order valence-corrected chi connectivity index (χ4v) is 1.45. The van der Waals surface area contributed by atoms with Gasteiger partial charge < -0.3 is 16.4 Å². The Labute approximate surface area is 110 Å². The van der Waals surface area contributed by atoms with Crippen molar-refractivity contribution in [1.82, 2.24) is 10.6 Å². The zero-order chi connectivity index (χ0) is 14.1. The highest BCUT2D eigenvalue weighted by Gasteiger charge is 2.14. The smallest absolute Gasteiger partial charge is 0.236 e. The van der Waals surface area contributed by atoms with Crippen LogP contribution in [0.5, 0.6) is 0 Å². The number of hydrogen-bond donors (Lipinski definition) is 3. The Bertz CT molecular complexity index is 265. The summed E-state index contributed by atoms with van der Waals surface area (Å²) < 4.78 is 0. The summed E-state index contributed by atoms with van der Waals surface area (Å²) in [6.45, 7) is 9.12. The predicted octanol–water partition coefficient (Wildman–Crippen LogP) is 0.638. The molecule has 0 aromatic carbocycles. The average Bonchev–Trinajstić information content (AvgIpc) is 2.25. The minimum atomic E-state index is -0.483. The lowest BCUT2D eigenvalue weighted by molar-refractivity contribution is -0.123. The van der Waals surface area contributed by atoms with E-state index in [4.69, 9.17) is 5.73 Å². The van der Waals surface area contributed by atoms with Crippen LogP contribution in [0.2, 0.25) is 0 Å². The van der Waals surface area contributed by atoms with Gasteiger partial charge in [0.2, 0.25) is 11.8 Å². The van der Waals surface area contributed by atoms with Crippen molar-refractivity contribution in [3.05, 3.63) is 0 Å². The Morgan fingerprint density at radius 1 is 1.06 bits per heavy atom. The third-order valence-corrected chi connectivity index (χ3v) is 2.42. The maximum Gasteiger partial charge on any atom is 0.236 e. The number of carbonyl (C=O) groups excluding carboxylic acids is 2. The van der Waals surface area contributed by atoms with Crippen molar-refractivity contribution < 1.29 is 9.59 Å². The van der Waals surface area contributed by atoms with Gasteiger partial charge in [0.15, 0.2) is 0 Å². The molecule has 18 heavy (non-hydrogen) atoms. The van der Waals surface area contributed by atoms with Gasteiger partial charge in [-0.3, -0.25) is 9.59 Å². The molecule has 5 nitrogen and oxygen atoms in total. The topological polar surface area (TPSA) is 84.2 Å². The fraction of sp³-hybridized carbons (Fsp3) is 0.846. The van der Waals surface area contributed by atoms with Crippen LogP contribution in [0.3, 0.4) is 0 Å². The molecule has 1 atom stereocenters. The van der Waals surface area contributed by atoms with E-state index in [1.165, 1.54) is 0 Å². The van der Waals surface area contributed by atoms with Gasteiger partial charge in [-0.25, -0.2) is 0 Å². The predicted molar refractivity (Wildman–Crippen MR) is 72.9 cm³/mol. The van der Waals surface area contributed by atoms with Crippen LogP contribution < -0.4 is 16.4 Å². The van der Waals surface area contributed by atoms with Gasteiger partial charge in [0, 0.05) is 19.5 Å². The van der Waals surface area contributed by atoms with E-state index in [9.17, 15) is 9.59 Å². The molecule has 0 saturated carbocycles. The molecule has 106 valence electrons. The Morgan fingerprint density at radius 3 is 2.17 bits per heavy atom. The SMILES string of the molecule is CC(C)CNC(=O)CCNC(=O)[C@@H](N)CC(C)C. The van der Waals surface area contributed by atoms with Crippen LogP contribution in [-0.4, -0.2) is 30.9 Å². The lowest BCUT2D eigenvalue weighted by Crippen LogP contribution is -2.42. The summed E-state index contributed by atoms with van der Waals surface area (Å²) in [7, 11) is 0. The summed E-state index contributed by atoms with van der Waals surface area (Å²) in [5.74, 6) is 0.602. The van der Waals surface area contributed by atoms with Gasteiger partial charge in [-0.05, 0) is 18.3 Å². The highest BCUT2D eigenvalue weighted by molar-refractivity contribution is 5.82. The summed E-state index contributed by atoms with van der Waals surface area (Å²) >= 11 is 0. The Kier molecular flexibility index (Phi) is 8.37. The van der Waals surface area contributed by atoms with Gasteiger partial charge in [0.1, 0.15) is 0 Å². The number of amides is 2. The van der Waals surface area contributed by atoms with Crippen LogP contribution in [0.15, 0.2) is 0 Å². The van der Waals surface area contributed by atoms with E-state index in [0.29, 0.717) is 37.8 Å². The van der Waals surface area contributed by atoms with Crippen molar-refractivity contribution in [3.63, 3.8) is 0 Å². The van der Waals surface area contributed by atoms with Crippen LogP contribution in [0.4, 0.5) is 0 Å². The van der Waals surface area contributed by atoms with E-state index in [-0.39, 0.29) is 11.8 Å². The molecule has 0 aliphatic rings. The van der Waals surface area contributed by atoms with E-state index < -0.39 is 6.04 Å². The maximum absolute atomic E-state index is 11.6. The number of rotatable bonds is 8. The lowest BCUT2D eigenvalue weighted by atomic mass is 10.0. The quantitative estimate of drug-likeness (QED) is 0.596. The molecule has 0 aromatic rings. The Balaban J connectivity index is 3.70. The normalized spacial score (nSPS) is 12.6. The highest BCUT2D eigenvalue weighted by Crippen LogP contribution is 2.02. The van der Waals surface area contributed by atoms with Crippen molar-refractivity contribution in [2.45, 2.75) is 46.6 Å². The molecule has 0 radical (unpaired) electrons. The van der Waals surface area contributed by atoms with Crippen molar-refractivity contribution >= 4 is 11.8 Å². The first-order valence-corrected chi connectivity index (χ1v) is 6.63. The Hall–Kier alpha value is -1.10. The molecule has 0 aliphatic carbocycles. The summed E-state index contributed by atoms with van der Waals surface area (Å²) in [6, 6.07) is -0.483. The number of carbonyl (C=O) groups is 2. The second-order valence-electron chi connectivity index (χ2n) is 5.47. The van der Waals surface area contributed by atoms with Gasteiger partial charge >= 0.3 is 0 Å². The monoisotopic (exact) mass is 257 g/mol. The second kappa shape index (κ2) is 8.91. The van der Waals surface area contributed by atoms with Crippen LogP contribution in [-0.2, 0) is 9.59 Å². The van der Waals surface area contributed by atoms with E-state index in [0.717, 1.165) is 0 Å². The molecular weight excluding hydrogens is 230 g/mol. The highest BCUT2D eigenvalue weighted by atomic mass is 16.2. The van der Waals surface area contributed by atoms with Crippen molar-refractivity contribution in [2.24, 2.45) is 17.6 Å². The second-order valence-corrected chi connectivity index (χ2v) is 5.47. The third kappa shape index (κ3) is 8.98. The molecule has 5 heteroatoms. The van der Waals surface area contributed by atoms with Crippen LogP contribution in [0.1, 0.15) is 40.5 Å². The van der Waals surface area contributed by atoms with Crippen LogP contribution in [0.25, 0.3) is 0 Å². The molecule has 0 aliphatic heterocycles. The molecular formula is C13H27N3O2. The minimum absolute atomic E-state index is 0.0403. The minimum Gasteiger partial charge on any atom is -0.356 e. The number of nitrogens with two attached hydrogens (primary N) is 1. The van der Waals surface area contributed by atoms with Crippen molar-refractivity contribution in [2.75, 3.05) is 13.1 Å². The van der Waals surface area contributed by atoms with E-state index >= 15 is 0 Å². The molecule has 0 bridgehead atoms. The standard InChI is InChI=1S/C13H27N3O2/c1-9(2)7-11(14)13(18)15-6-5-12(17)16-8-10(3)4/h9-11H,5-8,14H2,1-4H3,(H,15,18)(H,16,17)/t11-/m0/s1. The van der Waals surface area contributed by atoms with Crippen molar-refractivity contribution in [3.8, 4) is 0 Å². The first kappa shape index (κ1) is 16.9. The summed E-state index contributed by atoms with van der Waals surface area (Å²) in [4.78, 5) is 22.9. The third-order valence-electron chi connectivity index (χ3n) is 2.42. The zero-order valence-corrected chi connectivity index (χ0v) is 12.0. The van der Waals surface area contributed by atoms with Gasteiger partial charge in [-0.1, -0.05) is 27.7 Å². The van der Waals surface area contributed by atoms with Gasteiger partial charge in [0.25, 0.3) is 0 Å². The molecule has 0 fully saturated rings. The zero-order valence-electron chi connectivity index (χ0n) is 12.0. The Morgan fingerprint density at radius 2 is 1.67 bits per heavy atom. The van der Waals surface area contributed by atoms with Gasteiger partial charge in [-0.15, -0.1) is 0 Å². The number of hydrogen-bond acceptors (Lipinski definition) is 3. The van der Waals surface area contributed by atoms with Crippen LogP contribution >= 0.6 is 0 Å². The van der Waals surface area contributed by atoms with E-state index in [2.05, 4.69) is 10.6 Å². The largest absolute Gasteiger partial charge is 0.356 e. The summed E-state index contributed by atoms with van der Waals surface area (Å²) in [6.07, 6.45) is 0.957. The molecule has 0 saturated heterocycles. The molecule has 4 N–H and O–H groups in total. The molecule has 0 heterocycles. The van der Waals surface area contributed by atoms with E-state index in [1.807, 2.05) is 27.7 Å². The number of nitrogens with one attached hydrogen (secondary N) is 2. The first-order valence-electron chi connectivity index (χ1n) is 6.63. The van der Waals surface area contributed by atoms with Gasteiger partial charge in [0.05, 0.1) is 6.04 Å². The van der Waals surface area contributed by atoms with E-state index in [1.54, 1.807) is 0 Å². The molecule has 0 unspecified atom stereocenters. The molecule has 0 aromatic heterocycles. The lowest BCUT2D eigenvalue weighted by Gasteiger charge is -2.14. The van der Waals surface area contributed by atoms with Gasteiger partial charge in [-0.2, -0.15) is 0 Å². The van der Waals surface area contributed by atoms with Crippen molar-refractivity contribution in [1.29, 1.82) is 0 Å². The summed E-state index contributed by atoms with van der Waals surface area (Å²) in [5.41, 5.74) is 5.72. The molecule has 0 spiro atoms. The summed E-state index contributed by atoms with van der Waals surface area (Å²) in [5, 5.41) is 5.48. The first-order chi connectivity index (χ1) is 8.32. The fourth-order valence-electron chi connectivity index (χ4n) is 1.45. The average molecular weight is 257 g/mol. The molecule has 2 amide bonds. The van der Waals surface area contributed by atoms with Crippen LogP contribution in [0, 0.1) is 11.8 Å².